The summed E-state index contributed by atoms with van der Waals surface area (Å²) in [6, 6.07) is 17.6. The molecule has 2 N–H and O–H groups in total. The van der Waals surface area contributed by atoms with Crippen molar-refractivity contribution in [1.82, 2.24) is 25.3 Å². The third-order valence-corrected chi connectivity index (χ3v) is 9.47. The van der Waals surface area contributed by atoms with E-state index in [0.29, 0.717) is 53.9 Å². The Morgan fingerprint density at radius 3 is 2.36 bits per heavy atom. The second-order valence-corrected chi connectivity index (χ2v) is 13.6. The summed E-state index contributed by atoms with van der Waals surface area (Å²) in [5, 5.41) is 21.9. The first-order valence-electron chi connectivity index (χ1n) is 16.4. The summed E-state index contributed by atoms with van der Waals surface area (Å²) < 4.78 is 6.39. The number of benzene rings is 2. The molecule has 1 aromatic heterocycles. The summed E-state index contributed by atoms with van der Waals surface area (Å²) in [5.41, 5.74) is 2.40. The van der Waals surface area contributed by atoms with Crippen LogP contribution >= 0.6 is 0 Å². The van der Waals surface area contributed by atoms with Gasteiger partial charge in [0.2, 0.25) is 5.91 Å². The number of hydrogen-bond donors (Lipinski definition) is 2. The summed E-state index contributed by atoms with van der Waals surface area (Å²) in [7, 11) is 0. The number of piperidine rings is 1. The molecular formula is C36H45N5O4. The van der Waals surface area contributed by atoms with Gasteiger partial charge in [0, 0.05) is 61.4 Å². The van der Waals surface area contributed by atoms with Crippen LogP contribution in [-0.4, -0.2) is 68.6 Å². The van der Waals surface area contributed by atoms with Gasteiger partial charge in [0.15, 0.2) is 0 Å². The number of carbonyl (C=O) groups is 2. The van der Waals surface area contributed by atoms with Crippen molar-refractivity contribution in [3.63, 3.8) is 0 Å². The molecule has 9 heteroatoms. The van der Waals surface area contributed by atoms with E-state index in [0.717, 1.165) is 43.1 Å². The number of nitrogens with zero attached hydrogens (tertiary/aromatic N) is 4. The first kappa shape index (κ1) is 31.2. The number of aromatic nitrogens is 2. The van der Waals surface area contributed by atoms with Crippen LogP contribution in [0.2, 0.25) is 0 Å². The van der Waals surface area contributed by atoms with E-state index in [4.69, 9.17) is 4.74 Å². The molecule has 2 saturated heterocycles. The number of aliphatic hydroxyl groups is 1. The van der Waals surface area contributed by atoms with Gasteiger partial charge < -0.3 is 25.0 Å². The number of carbonyl (C=O) groups excluding carboxylic acids is 2. The van der Waals surface area contributed by atoms with Gasteiger partial charge in [0.1, 0.15) is 17.1 Å². The van der Waals surface area contributed by atoms with Gasteiger partial charge in [0.05, 0.1) is 11.4 Å². The average molecular weight is 612 g/mol. The standard InChI is InChI=1S/C36H45N5O4/c1-24-20-34(42)41(22-24)23-27-9-8-26(35(43)37-28-16-18-40(19-17-28)29-6-4-5-7-29)21-32(27)45-30-12-10-25(11-13-30)31-14-15-33(39-38-31)36(2,3)44/h8-15,21,24,28-29,44H,4-7,16-20,22-23H2,1-3H3,(H,37,43)/t24-/m0/s1. The Balaban J connectivity index is 1.17. The Labute approximate surface area is 266 Å². The molecule has 0 unspecified atom stereocenters. The largest absolute Gasteiger partial charge is 0.457 e. The molecule has 0 radical (unpaired) electrons. The Morgan fingerprint density at radius 2 is 1.73 bits per heavy atom. The van der Waals surface area contributed by atoms with Crippen LogP contribution in [0.1, 0.15) is 87.3 Å². The molecule has 2 amide bonds. The molecule has 3 heterocycles. The van der Waals surface area contributed by atoms with E-state index in [-0.39, 0.29) is 17.9 Å². The lowest BCUT2D eigenvalue weighted by atomic mass is 10.0. The van der Waals surface area contributed by atoms with Gasteiger partial charge in [-0.2, -0.15) is 10.2 Å². The van der Waals surface area contributed by atoms with Gasteiger partial charge in [0.25, 0.3) is 5.91 Å². The molecule has 9 nitrogen and oxygen atoms in total. The summed E-state index contributed by atoms with van der Waals surface area (Å²) >= 11 is 0. The molecule has 3 aromatic rings. The Kier molecular flexibility index (Phi) is 9.19. The fraction of sp³-hybridized carbons (Fsp3) is 0.500. The maximum Gasteiger partial charge on any atom is 0.251 e. The maximum absolute atomic E-state index is 13.4. The number of nitrogens with one attached hydrogen (secondary N) is 1. The summed E-state index contributed by atoms with van der Waals surface area (Å²) in [5.74, 6) is 1.53. The molecule has 1 atom stereocenters. The second-order valence-electron chi connectivity index (χ2n) is 13.6. The van der Waals surface area contributed by atoms with E-state index in [1.54, 1.807) is 26.0 Å². The molecule has 0 spiro atoms. The molecule has 6 rings (SSSR count). The van der Waals surface area contributed by atoms with Gasteiger partial charge in [-0.05, 0) is 94.0 Å². The lowest BCUT2D eigenvalue weighted by Crippen LogP contribution is -2.47. The van der Waals surface area contributed by atoms with Crippen LogP contribution in [0.3, 0.4) is 0 Å². The second kappa shape index (κ2) is 13.3. The summed E-state index contributed by atoms with van der Waals surface area (Å²) in [6.45, 7) is 8.66. The number of likely N-dealkylation sites (tertiary alicyclic amines) is 2. The van der Waals surface area contributed by atoms with Crippen molar-refractivity contribution in [2.45, 2.75) is 89.9 Å². The minimum absolute atomic E-state index is 0.0972. The first-order chi connectivity index (χ1) is 21.6. The van der Waals surface area contributed by atoms with E-state index in [1.165, 1.54) is 25.7 Å². The average Bonchev–Trinajstić information content (AvgIpc) is 3.68. The predicted octanol–water partition coefficient (Wildman–Crippen LogP) is 5.67. The highest BCUT2D eigenvalue weighted by Gasteiger charge is 2.29. The van der Waals surface area contributed by atoms with Gasteiger partial charge in [-0.15, -0.1) is 0 Å². The fourth-order valence-electron chi connectivity index (χ4n) is 6.83. The zero-order valence-electron chi connectivity index (χ0n) is 26.7. The number of ether oxygens (including phenoxy) is 1. The highest BCUT2D eigenvalue weighted by atomic mass is 16.5. The molecule has 0 bridgehead atoms. The summed E-state index contributed by atoms with van der Waals surface area (Å²) in [6.07, 6.45) is 7.78. The molecule has 3 aliphatic rings. The zero-order chi connectivity index (χ0) is 31.6. The van der Waals surface area contributed by atoms with Gasteiger partial charge in [-0.1, -0.05) is 25.8 Å². The van der Waals surface area contributed by atoms with Crippen LogP contribution in [0, 0.1) is 5.92 Å². The monoisotopic (exact) mass is 611 g/mol. The van der Waals surface area contributed by atoms with Crippen LogP contribution in [0.15, 0.2) is 54.6 Å². The van der Waals surface area contributed by atoms with Gasteiger partial charge in [-0.25, -0.2) is 0 Å². The third kappa shape index (κ3) is 7.53. The molecule has 1 saturated carbocycles. The predicted molar refractivity (Wildman–Crippen MR) is 173 cm³/mol. The zero-order valence-corrected chi connectivity index (χ0v) is 26.7. The van der Waals surface area contributed by atoms with Crippen molar-refractivity contribution < 1.29 is 19.4 Å². The van der Waals surface area contributed by atoms with E-state index in [2.05, 4.69) is 27.3 Å². The number of hydrogen-bond acceptors (Lipinski definition) is 7. The SMILES string of the molecule is C[C@H]1CC(=O)N(Cc2ccc(C(=O)NC3CCN(C4CCCC4)CC3)cc2Oc2ccc(-c3ccc(C(C)(C)O)nn3)cc2)C1. The maximum atomic E-state index is 13.4. The fourth-order valence-corrected chi connectivity index (χ4v) is 6.83. The van der Waals surface area contributed by atoms with Crippen molar-refractivity contribution in [3.8, 4) is 22.8 Å². The minimum Gasteiger partial charge on any atom is -0.457 e. The minimum atomic E-state index is -1.06. The Bertz CT molecular complexity index is 1490. The summed E-state index contributed by atoms with van der Waals surface area (Å²) in [4.78, 5) is 30.5. The van der Waals surface area contributed by atoms with Crippen LogP contribution in [0.5, 0.6) is 11.5 Å². The molecule has 2 aliphatic heterocycles. The third-order valence-electron chi connectivity index (χ3n) is 9.47. The van der Waals surface area contributed by atoms with Crippen molar-refractivity contribution >= 4 is 11.8 Å². The smallest absolute Gasteiger partial charge is 0.251 e. The number of rotatable bonds is 9. The lowest BCUT2D eigenvalue weighted by molar-refractivity contribution is -0.128. The topological polar surface area (TPSA) is 108 Å². The van der Waals surface area contributed by atoms with Crippen LogP contribution in [0.25, 0.3) is 11.3 Å². The Hall–Kier alpha value is -3.82. The van der Waals surface area contributed by atoms with Crippen molar-refractivity contribution in [3.05, 3.63) is 71.4 Å². The van der Waals surface area contributed by atoms with E-state index >= 15 is 0 Å². The van der Waals surface area contributed by atoms with Crippen LogP contribution in [0.4, 0.5) is 0 Å². The van der Waals surface area contributed by atoms with E-state index < -0.39 is 5.60 Å². The number of amides is 2. The quantitative estimate of drug-likeness (QED) is 0.321. The molecule has 1 aliphatic carbocycles. The molecule has 3 fully saturated rings. The van der Waals surface area contributed by atoms with E-state index in [1.807, 2.05) is 47.4 Å². The van der Waals surface area contributed by atoms with Crippen LogP contribution in [-0.2, 0) is 16.9 Å². The van der Waals surface area contributed by atoms with Crippen molar-refractivity contribution in [2.24, 2.45) is 5.92 Å². The molecule has 2 aromatic carbocycles. The normalized spacial score (nSPS) is 20.1. The van der Waals surface area contributed by atoms with E-state index in [9.17, 15) is 14.7 Å². The first-order valence-corrected chi connectivity index (χ1v) is 16.4. The molecule has 238 valence electrons. The highest BCUT2D eigenvalue weighted by molar-refractivity contribution is 5.95. The van der Waals surface area contributed by atoms with Crippen LogP contribution < -0.4 is 10.1 Å². The lowest BCUT2D eigenvalue weighted by Gasteiger charge is -2.36. The Morgan fingerprint density at radius 1 is 1.00 bits per heavy atom. The van der Waals surface area contributed by atoms with Gasteiger partial charge in [-0.3, -0.25) is 9.59 Å². The van der Waals surface area contributed by atoms with Crippen molar-refractivity contribution in [1.29, 1.82) is 0 Å². The highest BCUT2D eigenvalue weighted by Crippen LogP contribution is 2.32. The molecule has 45 heavy (non-hydrogen) atoms. The molecular weight excluding hydrogens is 566 g/mol. The van der Waals surface area contributed by atoms with Crippen molar-refractivity contribution in [2.75, 3.05) is 19.6 Å². The van der Waals surface area contributed by atoms with Gasteiger partial charge >= 0.3 is 0 Å².